The van der Waals surface area contributed by atoms with E-state index in [1.54, 1.807) is 29.8 Å². The Morgan fingerprint density at radius 3 is 2.42 bits per heavy atom. The summed E-state index contributed by atoms with van der Waals surface area (Å²) in [5.74, 6) is -0.456. The maximum atomic E-state index is 12.3. The standard InChI is InChI=1S/C20H18Cl2N2O2/c1-4-26-20(25)18-13(3)19(14-7-5-12(2)6-8-14)24(23-18)17-10-9-15(21)11-16(17)22/h5-11H,4H2,1-3H3. The van der Waals surface area contributed by atoms with E-state index >= 15 is 0 Å². The number of rotatable bonds is 4. The first-order valence-electron chi connectivity index (χ1n) is 8.21. The lowest BCUT2D eigenvalue weighted by atomic mass is 10.0. The van der Waals surface area contributed by atoms with Crippen molar-refractivity contribution < 1.29 is 9.53 Å². The van der Waals surface area contributed by atoms with Crippen molar-refractivity contribution in [3.63, 3.8) is 0 Å². The molecule has 0 unspecified atom stereocenters. The maximum Gasteiger partial charge on any atom is 0.359 e. The van der Waals surface area contributed by atoms with E-state index in [0.717, 1.165) is 22.4 Å². The van der Waals surface area contributed by atoms with Crippen LogP contribution in [0, 0.1) is 13.8 Å². The molecule has 0 radical (unpaired) electrons. The fourth-order valence-corrected chi connectivity index (χ4v) is 3.26. The minimum atomic E-state index is -0.456. The Morgan fingerprint density at radius 1 is 1.12 bits per heavy atom. The van der Waals surface area contributed by atoms with Gasteiger partial charge in [-0.15, -0.1) is 0 Å². The van der Waals surface area contributed by atoms with Gasteiger partial charge in [-0.2, -0.15) is 5.10 Å². The molecule has 0 fully saturated rings. The zero-order valence-corrected chi connectivity index (χ0v) is 16.2. The van der Waals surface area contributed by atoms with Crippen LogP contribution in [-0.4, -0.2) is 22.4 Å². The van der Waals surface area contributed by atoms with Gasteiger partial charge in [0.2, 0.25) is 0 Å². The molecule has 0 saturated carbocycles. The minimum Gasteiger partial charge on any atom is -0.461 e. The van der Waals surface area contributed by atoms with Gasteiger partial charge in [0.05, 0.1) is 23.0 Å². The first-order valence-corrected chi connectivity index (χ1v) is 8.97. The topological polar surface area (TPSA) is 44.1 Å². The Balaban J connectivity index is 2.26. The predicted octanol–water partition coefficient (Wildman–Crippen LogP) is 5.64. The van der Waals surface area contributed by atoms with Crippen molar-refractivity contribution in [2.24, 2.45) is 0 Å². The summed E-state index contributed by atoms with van der Waals surface area (Å²) in [6.07, 6.45) is 0. The molecule has 0 aliphatic heterocycles. The average molecular weight is 389 g/mol. The molecule has 3 rings (SSSR count). The lowest BCUT2D eigenvalue weighted by Gasteiger charge is -2.11. The van der Waals surface area contributed by atoms with Gasteiger partial charge in [0, 0.05) is 16.1 Å². The molecule has 6 heteroatoms. The Morgan fingerprint density at radius 2 is 1.81 bits per heavy atom. The molecule has 1 heterocycles. The summed E-state index contributed by atoms with van der Waals surface area (Å²) in [6, 6.07) is 13.2. The lowest BCUT2D eigenvalue weighted by Crippen LogP contribution is -2.08. The SMILES string of the molecule is CCOC(=O)c1nn(-c2ccc(Cl)cc2Cl)c(-c2ccc(C)cc2)c1C. The van der Waals surface area contributed by atoms with Crippen LogP contribution in [0.3, 0.4) is 0 Å². The minimum absolute atomic E-state index is 0.272. The third-order valence-electron chi connectivity index (χ3n) is 4.05. The molecule has 0 aliphatic rings. The molecular formula is C20H18Cl2N2O2. The Labute approximate surface area is 162 Å². The number of carbonyl (C=O) groups excluding carboxylic acids is 1. The second-order valence-corrected chi connectivity index (χ2v) is 6.76. The van der Waals surface area contributed by atoms with Crippen LogP contribution in [0.15, 0.2) is 42.5 Å². The number of carbonyl (C=O) groups is 1. The van der Waals surface area contributed by atoms with Gasteiger partial charge < -0.3 is 4.74 Å². The van der Waals surface area contributed by atoms with Crippen molar-refractivity contribution in [1.82, 2.24) is 9.78 Å². The van der Waals surface area contributed by atoms with Crippen LogP contribution in [0.2, 0.25) is 10.0 Å². The van der Waals surface area contributed by atoms with E-state index in [0.29, 0.717) is 15.7 Å². The van der Waals surface area contributed by atoms with E-state index in [1.807, 2.05) is 38.1 Å². The second-order valence-electron chi connectivity index (χ2n) is 5.92. The Bertz CT molecular complexity index is 963. The van der Waals surface area contributed by atoms with Gasteiger partial charge in [0.15, 0.2) is 5.69 Å². The monoisotopic (exact) mass is 388 g/mol. The molecule has 0 N–H and O–H groups in total. The van der Waals surface area contributed by atoms with Gasteiger partial charge in [-0.05, 0) is 39.0 Å². The van der Waals surface area contributed by atoms with Crippen LogP contribution < -0.4 is 0 Å². The molecule has 26 heavy (non-hydrogen) atoms. The highest BCUT2D eigenvalue weighted by atomic mass is 35.5. The van der Waals surface area contributed by atoms with Crippen molar-refractivity contribution in [3.05, 3.63) is 69.3 Å². The normalized spacial score (nSPS) is 10.8. The molecule has 0 amide bonds. The fraction of sp³-hybridized carbons (Fsp3) is 0.200. The number of benzene rings is 2. The van der Waals surface area contributed by atoms with Gasteiger partial charge in [-0.1, -0.05) is 53.0 Å². The molecule has 0 aliphatic carbocycles. The summed E-state index contributed by atoms with van der Waals surface area (Å²) in [6.45, 7) is 5.93. The number of aromatic nitrogens is 2. The van der Waals surface area contributed by atoms with Crippen LogP contribution in [0.1, 0.15) is 28.5 Å². The average Bonchev–Trinajstić information content (AvgIpc) is 2.93. The van der Waals surface area contributed by atoms with E-state index in [2.05, 4.69) is 5.10 Å². The highest BCUT2D eigenvalue weighted by molar-refractivity contribution is 6.35. The van der Waals surface area contributed by atoms with Gasteiger partial charge in [-0.25, -0.2) is 9.48 Å². The molecule has 0 saturated heterocycles. The van der Waals surface area contributed by atoms with E-state index < -0.39 is 5.97 Å². The highest BCUT2D eigenvalue weighted by Crippen LogP contribution is 2.33. The summed E-state index contributed by atoms with van der Waals surface area (Å²) in [7, 11) is 0. The molecule has 1 aromatic heterocycles. The third kappa shape index (κ3) is 3.48. The predicted molar refractivity (Wildman–Crippen MR) is 104 cm³/mol. The second kappa shape index (κ2) is 7.52. The summed E-state index contributed by atoms with van der Waals surface area (Å²) >= 11 is 12.4. The molecule has 0 bridgehead atoms. The molecule has 3 aromatic rings. The number of ether oxygens (including phenoxy) is 1. The number of esters is 1. The number of halogens is 2. The summed E-state index contributed by atoms with van der Waals surface area (Å²) in [5, 5.41) is 5.48. The van der Waals surface area contributed by atoms with Crippen molar-refractivity contribution >= 4 is 29.2 Å². The summed E-state index contributed by atoms with van der Waals surface area (Å²) in [4.78, 5) is 12.3. The van der Waals surface area contributed by atoms with Crippen LogP contribution in [-0.2, 0) is 4.74 Å². The number of aryl methyl sites for hydroxylation is 1. The van der Waals surface area contributed by atoms with E-state index in [4.69, 9.17) is 27.9 Å². The van der Waals surface area contributed by atoms with Crippen molar-refractivity contribution in [2.75, 3.05) is 6.61 Å². The summed E-state index contributed by atoms with van der Waals surface area (Å²) < 4.78 is 6.82. The van der Waals surface area contributed by atoms with Gasteiger partial charge >= 0.3 is 5.97 Å². The first-order chi connectivity index (χ1) is 12.4. The first kappa shape index (κ1) is 18.5. The molecule has 2 aromatic carbocycles. The fourth-order valence-electron chi connectivity index (χ4n) is 2.77. The van der Waals surface area contributed by atoms with Gasteiger partial charge in [0.25, 0.3) is 0 Å². The van der Waals surface area contributed by atoms with Gasteiger partial charge in [0.1, 0.15) is 0 Å². The highest BCUT2D eigenvalue weighted by Gasteiger charge is 2.23. The van der Waals surface area contributed by atoms with E-state index in [9.17, 15) is 4.79 Å². The lowest BCUT2D eigenvalue weighted by molar-refractivity contribution is 0.0518. The van der Waals surface area contributed by atoms with Crippen molar-refractivity contribution in [1.29, 1.82) is 0 Å². The van der Waals surface area contributed by atoms with Crippen LogP contribution in [0.4, 0.5) is 0 Å². The molecule has 134 valence electrons. The maximum absolute atomic E-state index is 12.3. The number of hydrogen-bond acceptors (Lipinski definition) is 3. The van der Waals surface area contributed by atoms with Gasteiger partial charge in [-0.3, -0.25) is 0 Å². The van der Waals surface area contributed by atoms with Crippen LogP contribution in [0.25, 0.3) is 16.9 Å². The third-order valence-corrected chi connectivity index (χ3v) is 4.59. The quantitative estimate of drug-likeness (QED) is 0.543. The zero-order valence-electron chi connectivity index (χ0n) is 14.7. The van der Waals surface area contributed by atoms with Crippen LogP contribution >= 0.6 is 23.2 Å². The molecular weight excluding hydrogens is 371 g/mol. The Hall–Kier alpha value is -2.30. The Kier molecular flexibility index (Phi) is 5.35. The van der Waals surface area contributed by atoms with E-state index in [-0.39, 0.29) is 12.3 Å². The smallest absolute Gasteiger partial charge is 0.359 e. The molecule has 4 nitrogen and oxygen atoms in total. The van der Waals surface area contributed by atoms with Crippen LogP contribution in [0.5, 0.6) is 0 Å². The van der Waals surface area contributed by atoms with Crippen molar-refractivity contribution in [3.8, 4) is 16.9 Å². The summed E-state index contributed by atoms with van der Waals surface area (Å²) in [5.41, 5.74) is 4.52. The largest absolute Gasteiger partial charge is 0.461 e. The zero-order chi connectivity index (χ0) is 18.8. The van der Waals surface area contributed by atoms with E-state index in [1.165, 1.54) is 0 Å². The molecule has 0 atom stereocenters. The molecule has 0 spiro atoms. The number of nitrogens with zero attached hydrogens (tertiary/aromatic N) is 2. The van der Waals surface area contributed by atoms with Crippen molar-refractivity contribution in [2.45, 2.75) is 20.8 Å². The number of hydrogen-bond donors (Lipinski definition) is 0.